The third kappa shape index (κ3) is 4.49. The Morgan fingerprint density at radius 3 is 2.51 bits per heavy atom. The van der Waals surface area contributed by atoms with Gasteiger partial charge in [-0.1, -0.05) is 18.2 Å². The van der Waals surface area contributed by atoms with Crippen molar-refractivity contribution in [2.24, 2.45) is 0 Å². The molecule has 1 atom stereocenters. The van der Waals surface area contributed by atoms with Crippen LogP contribution in [-0.4, -0.2) is 25.1 Å². The van der Waals surface area contributed by atoms with Crippen molar-refractivity contribution in [1.29, 1.82) is 5.26 Å². The minimum atomic E-state index is -0.700. The summed E-state index contributed by atoms with van der Waals surface area (Å²) in [5.74, 6) is 0.146. The number of fused-ring (bicyclic) bond motifs is 1. The zero-order chi connectivity index (χ0) is 25.1. The molecule has 1 unspecified atom stereocenters. The molecule has 4 rings (SSSR count). The van der Waals surface area contributed by atoms with E-state index in [0.29, 0.717) is 45.9 Å². The Balaban J connectivity index is 1.80. The van der Waals surface area contributed by atoms with Gasteiger partial charge in [0, 0.05) is 29.6 Å². The molecule has 178 valence electrons. The molecule has 0 bridgehead atoms. The van der Waals surface area contributed by atoms with Crippen molar-refractivity contribution in [1.82, 2.24) is 10.3 Å². The Morgan fingerprint density at radius 2 is 1.86 bits per heavy atom. The van der Waals surface area contributed by atoms with E-state index >= 15 is 0 Å². The molecule has 0 saturated carbocycles. The van der Waals surface area contributed by atoms with Gasteiger partial charge >= 0.3 is 0 Å². The number of methoxy groups -OCH3 is 2. The van der Waals surface area contributed by atoms with Crippen LogP contribution in [0.3, 0.4) is 0 Å². The molecule has 0 saturated heterocycles. The number of aryl methyl sites for hydroxylation is 1. The summed E-state index contributed by atoms with van der Waals surface area (Å²) in [4.78, 5) is 29.4. The fourth-order valence-corrected chi connectivity index (χ4v) is 4.36. The normalized spacial score (nSPS) is 14.4. The van der Waals surface area contributed by atoms with Gasteiger partial charge in [-0.05, 0) is 49.2 Å². The van der Waals surface area contributed by atoms with Crippen LogP contribution in [0.25, 0.3) is 0 Å². The van der Waals surface area contributed by atoms with Crippen molar-refractivity contribution in [3.05, 3.63) is 98.1 Å². The van der Waals surface area contributed by atoms with Crippen LogP contribution in [0.4, 0.5) is 5.69 Å². The summed E-state index contributed by atoms with van der Waals surface area (Å²) in [6, 6.07) is 14.5. The molecule has 1 aliphatic rings. The Labute approximate surface area is 203 Å². The van der Waals surface area contributed by atoms with Gasteiger partial charge in [-0.2, -0.15) is 5.26 Å². The number of hydrogen-bond acceptors (Lipinski definition) is 6. The van der Waals surface area contributed by atoms with Crippen molar-refractivity contribution in [3.8, 4) is 17.6 Å². The summed E-state index contributed by atoms with van der Waals surface area (Å²) < 4.78 is 10.8. The first-order valence-corrected chi connectivity index (χ1v) is 11.1. The number of nitriles is 1. The van der Waals surface area contributed by atoms with E-state index in [2.05, 4.69) is 21.7 Å². The van der Waals surface area contributed by atoms with Crippen LogP contribution in [-0.2, 0) is 11.3 Å². The molecule has 1 amide bonds. The van der Waals surface area contributed by atoms with E-state index in [9.17, 15) is 14.9 Å². The molecule has 0 fully saturated rings. The van der Waals surface area contributed by atoms with Crippen molar-refractivity contribution in [3.63, 3.8) is 0 Å². The quantitative estimate of drug-likeness (QED) is 0.506. The van der Waals surface area contributed by atoms with Gasteiger partial charge in [0.1, 0.15) is 11.5 Å². The molecule has 1 aliphatic heterocycles. The number of nitrogens with one attached hydrogen (secondary N) is 3. The molecule has 0 radical (unpaired) electrons. The van der Waals surface area contributed by atoms with Gasteiger partial charge in [-0.3, -0.25) is 9.59 Å². The molecular weight excluding hydrogens is 444 g/mol. The van der Waals surface area contributed by atoms with Crippen LogP contribution >= 0.6 is 0 Å². The molecule has 8 heteroatoms. The minimum absolute atomic E-state index is 0.299. The molecule has 2 aromatic carbocycles. The molecular formula is C27H26N4O4. The number of amides is 1. The van der Waals surface area contributed by atoms with E-state index in [-0.39, 0.29) is 11.5 Å². The molecule has 8 nitrogen and oxygen atoms in total. The summed E-state index contributed by atoms with van der Waals surface area (Å²) in [5, 5.41) is 15.6. The number of aromatic nitrogens is 1. The van der Waals surface area contributed by atoms with Gasteiger partial charge < -0.3 is 25.1 Å². The minimum Gasteiger partial charge on any atom is -0.497 e. The second-order valence-corrected chi connectivity index (χ2v) is 8.29. The number of rotatable bonds is 6. The highest BCUT2D eigenvalue weighted by Gasteiger charge is 2.36. The number of hydrogen-bond donors (Lipinski definition) is 3. The molecule has 0 spiro atoms. The average Bonchev–Trinajstić information content (AvgIpc) is 2.88. The largest absolute Gasteiger partial charge is 0.497 e. The van der Waals surface area contributed by atoms with Crippen LogP contribution in [0, 0.1) is 18.3 Å². The van der Waals surface area contributed by atoms with Crippen molar-refractivity contribution in [2.45, 2.75) is 26.3 Å². The summed E-state index contributed by atoms with van der Waals surface area (Å²) in [6.07, 6.45) is 1.64. The predicted molar refractivity (Wildman–Crippen MR) is 133 cm³/mol. The number of allylic oxidation sites excluding steroid dienone is 1. The Bertz CT molecular complexity index is 1410. The number of H-pyrrole nitrogens is 1. The topological polar surface area (TPSA) is 116 Å². The third-order valence-electron chi connectivity index (χ3n) is 6.15. The maximum Gasteiger partial charge on any atom is 0.254 e. The maximum absolute atomic E-state index is 13.6. The molecule has 3 aromatic rings. The average molecular weight is 471 g/mol. The molecule has 2 heterocycles. The van der Waals surface area contributed by atoms with Crippen molar-refractivity contribution >= 4 is 11.6 Å². The molecule has 35 heavy (non-hydrogen) atoms. The first-order chi connectivity index (χ1) is 16.9. The highest BCUT2D eigenvalue weighted by atomic mass is 16.5. The summed E-state index contributed by atoms with van der Waals surface area (Å²) >= 11 is 0. The Hall–Kier alpha value is -4.51. The van der Waals surface area contributed by atoms with Crippen LogP contribution < -0.4 is 25.7 Å². The number of pyridine rings is 1. The molecule has 1 aromatic heterocycles. The fraction of sp³-hybridized carbons (Fsp3) is 0.222. The lowest BCUT2D eigenvalue weighted by atomic mass is 9.79. The predicted octanol–water partition coefficient (Wildman–Crippen LogP) is 3.72. The van der Waals surface area contributed by atoms with Crippen LogP contribution in [0.1, 0.15) is 40.7 Å². The van der Waals surface area contributed by atoms with Gasteiger partial charge in [-0.25, -0.2) is 0 Å². The van der Waals surface area contributed by atoms with Gasteiger partial charge in [-0.15, -0.1) is 0 Å². The lowest BCUT2D eigenvalue weighted by molar-refractivity contribution is -0.117. The summed E-state index contributed by atoms with van der Waals surface area (Å²) in [6.45, 7) is 4.00. The van der Waals surface area contributed by atoms with Gasteiger partial charge in [0.25, 0.3) is 5.56 Å². The van der Waals surface area contributed by atoms with Gasteiger partial charge in [0.15, 0.2) is 0 Å². The monoisotopic (exact) mass is 470 g/mol. The van der Waals surface area contributed by atoms with E-state index in [1.165, 1.54) is 7.11 Å². The SMILES string of the molecule is COc1ccc(CNC(=O)C2=C(C)Nc3c(C)c[nH]c(=O)c3C2c2ccc(C#N)cc2OC)cc1. The zero-order valence-electron chi connectivity index (χ0n) is 20.0. The lowest BCUT2D eigenvalue weighted by Crippen LogP contribution is -2.35. The smallest absolute Gasteiger partial charge is 0.254 e. The van der Waals surface area contributed by atoms with E-state index in [4.69, 9.17) is 9.47 Å². The number of ether oxygens (including phenoxy) is 2. The third-order valence-corrected chi connectivity index (χ3v) is 6.15. The fourth-order valence-electron chi connectivity index (χ4n) is 4.36. The lowest BCUT2D eigenvalue weighted by Gasteiger charge is -2.31. The Morgan fingerprint density at radius 1 is 1.11 bits per heavy atom. The van der Waals surface area contributed by atoms with E-state index in [0.717, 1.165) is 16.9 Å². The highest BCUT2D eigenvalue weighted by Crippen LogP contribution is 2.44. The van der Waals surface area contributed by atoms with Crippen molar-refractivity contribution in [2.75, 3.05) is 19.5 Å². The number of carbonyl (C=O) groups is 1. The Kier molecular flexibility index (Phi) is 6.60. The van der Waals surface area contributed by atoms with Crippen LogP contribution in [0.5, 0.6) is 11.5 Å². The highest BCUT2D eigenvalue weighted by molar-refractivity contribution is 5.99. The van der Waals surface area contributed by atoms with Gasteiger partial charge in [0.2, 0.25) is 5.91 Å². The summed E-state index contributed by atoms with van der Waals surface area (Å²) in [5.41, 5.74) is 4.62. The standard InChI is InChI=1S/C27H26N4O4/c1-15-13-29-27(33)24-23(20-10-7-18(12-28)11-21(20)35-4)22(16(2)31-25(15)24)26(32)30-14-17-5-8-19(34-3)9-6-17/h5-11,13,23,31H,14H2,1-4H3,(H,29,33)(H,30,32). The number of aromatic amines is 1. The zero-order valence-corrected chi connectivity index (χ0v) is 20.0. The van der Waals surface area contributed by atoms with Crippen molar-refractivity contribution < 1.29 is 14.3 Å². The first-order valence-electron chi connectivity index (χ1n) is 11.1. The number of carbonyl (C=O) groups excluding carboxylic acids is 1. The van der Waals surface area contributed by atoms with E-state index in [1.807, 2.05) is 38.1 Å². The molecule has 3 N–H and O–H groups in total. The van der Waals surface area contributed by atoms with E-state index in [1.54, 1.807) is 31.5 Å². The first kappa shape index (κ1) is 23.6. The van der Waals surface area contributed by atoms with Crippen LogP contribution in [0.2, 0.25) is 0 Å². The number of benzene rings is 2. The second kappa shape index (κ2) is 9.77. The molecule has 0 aliphatic carbocycles. The van der Waals surface area contributed by atoms with Gasteiger partial charge in [0.05, 0.1) is 43.0 Å². The maximum atomic E-state index is 13.6. The van der Waals surface area contributed by atoms with Crippen LogP contribution in [0.15, 0.2) is 64.7 Å². The second-order valence-electron chi connectivity index (χ2n) is 8.29. The number of nitrogens with zero attached hydrogens (tertiary/aromatic N) is 1. The summed E-state index contributed by atoms with van der Waals surface area (Å²) in [7, 11) is 3.10. The number of anilines is 1. The van der Waals surface area contributed by atoms with E-state index < -0.39 is 5.92 Å².